The summed E-state index contributed by atoms with van der Waals surface area (Å²) in [5.41, 5.74) is 0. The quantitative estimate of drug-likeness (QED) is 0.730. The van der Waals surface area contributed by atoms with Gasteiger partial charge in [-0.05, 0) is 51.7 Å². The molecule has 0 bridgehead atoms. The van der Waals surface area contributed by atoms with Crippen molar-refractivity contribution in [3.8, 4) is 0 Å². The lowest BCUT2D eigenvalue weighted by molar-refractivity contribution is 0.226. The fourth-order valence-electron chi connectivity index (χ4n) is 3.43. The zero-order valence-electron chi connectivity index (χ0n) is 13.4. The molecular formula is C15H31N3O2S. The summed E-state index contributed by atoms with van der Waals surface area (Å²) in [5, 5.41) is 0. The van der Waals surface area contributed by atoms with E-state index in [1.807, 2.05) is 0 Å². The van der Waals surface area contributed by atoms with Gasteiger partial charge in [-0.2, -0.15) is 12.7 Å². The van der Waals surface area contributed by atoms with Crippen molar-refractivity contribution < 1.29 is 8.42 Å². The zero-order chi connectivity index (χ0) is 15.1. The minimum Gasteiger partial charge on any atom is -0.303 e. The van der Waals surface area contributed by atoms with Crippen molar-refractivity contribution >= 4 is 10.2 Å². The van der Waals surface area contributed by atoms with Crippen molar-refractivity contribution in [3.63, 3.8) is 0 Å². The van der Waals surface area contributed by atoms with E-state index in [0.29, 0.717) is 6.54 Å². The van der Waals surface area contributed by atoms with Gasteiger partial charge < -0.3 is 4.90 Å². The fourth-order valence-corrected chi connectivity index (χ4v) is 4.64. The first-order valence-corrected chi connectivity index (χ1v) is 9.98. The summed E-state index contributed by atoms with van der Waals surface area (Å²) in [6, 6.07) is 0.193. The average molecular weight is 317 g/mol. The van der Waals surface area contributed by atoms with Gasteiger partial charge in [-0.3, -0.25) is 0 Å². The van der Waals surface area contributed by atoms with Crippen molar-refractivity contribution in [2.24, 2.45) is 0 Å². The Hall–Kier alpha value is -0.170. The second-order valence-corrected chi connectivity index (χ2v) is 8.28. The molecule has 1 aliphatic heterocycles. The zero-order valence-corrected chi connectivity index (χ0v) is 14.2. The van der Waals surface area contributed by atoms with Gasteiger partial charge in [-0.25, -0.2) is 4.72 Å². The summed E-state index contributed by atoms with van der Waals surface area (Å²) in [7, 11) is -1.57. The summed E-state index contributed by atoms with van der Waals surface area (Å²) in [6.07, 6.45) is 10.4. The molecule has 0 spiro atoms. The molecule has 2 rings (SSSR count). The maximum atomic E-state index is 12.3. The number of piperidine rings is 1. The minimum absolute atomic E-state index is 0.193. The molecule has 0 amide bonds. The lowest BCUT2D eigenvalue weighted by Gasteiger charge is -2.30. The van der Waals surface area contributed by atoms with Crippen LogP contribution in [0, 0.1) is 0 Å². The van der Waals surface area contributed by atoms with Gasteiger partial charge in [0.25, 0.3) is 10.2 Å². The van der Waals surface area contributed by atoms with Crippen LogP contribution in [-0.4, -0.2) is 56.9 Å². The SMILES string of the molecule is CN(C1CCCCC1)S(=O)(=O)NCCCN1CCCCC1. The van der Waals surface area contributed by atoms with Crippen LogP contribution in [0.1, 0.15) is 57.8 Å². The highest BCUT2D eigenvalue weighted by Gasteiger charge is 2.26. The van der Waals surface area contributed by atoms with E-state index in [-0.39, 0.29) is 6.04 Å². The van der Waals surface area contributed by atoms with Gasteiger partial charge >= 0.3 is 0 Å². The fraction of sp³-hybridized carbons (Fsp3) is 1.00. The maximum absolute atomic E-state index is 12.3. The molecule has 1 heterocycles. The van der Waals surface area contributed by atoms with Crippen LogP contribution in [0.3, 0.4) is 0 Å². The van der Waals surface area contributed by atoms with Gasteiger partial charge in [0.1, 0.15) is 0 Å². The maximum Gasteiger partial charge on any atom is 0.279 e. The van der Waals surface area contributed by atoms with E-state index in [0.717, 1.165) is 38.6 Å². The van der Waals surface area contributed by atoms with Gasteiger partial charge in [-0.15, -0.1) is 0 Å². The summed E-state index contributed by atoms with van der Waals surface area (Å²) < 4.78 is 28.9. The lowest BCUT2D eigenvalue weighted by atomic mass is 9.96. The third-order valence-corrected chi connectivity index (χ3v) is 6.48. The Labute approximate surface area is 130 Å². The highest BCUT2D eigenvalue weighted by molar-refractivity contribution is 7.87. The van der Waals surface area contributed by atoms with Gasteiger partial charge in [0.2, 0.25) is 0 Å². The molecule has 0 aromatic heterocycles. The molecule has 124 valence electrons. The molecule has 0 radical (unpaired) electrons. The van der Waals surface area contributed by atoms with Crippen molar-refractivity contribution in [3.05, 3.63) is 0 Å². The summed E-state index contributed by atoms with van der Waals surface area (Å²) in [6.45, 7) is 3.91. The van der Waals surface area contributed by atoms with Crippen LogP contribution in [0.2, 0.25) is 0 Å². The molecule has 2 fully saturated rings. The first kappa shape index (κ1) is 17.2. The molecule has 0 unspecified atom stereocenters. The molecule has 1 N–H and O–H groups in total. The van der Waals surface area contributed by atoms with Crippen LogP contribution in [0.4, 0.5) is 0 Å². The number of nitrogens with one attached hydrogen (secondary N) is 1. The Kier molecular flexibility index (Phi) is 6.92. The molecule has 1 saturated carbocycles. The first-order chi connectivity index (χ1) is 10.1. The minimum atomic E-state index is -3.30. The molecule has 6 heteroatoms. The standard InChI is InChI=1S/C15H31N3O2S/c1-17(15-9-4-2-5-10-15)21(19,20)16-11-8-14-18-12-6-3-7-13-18/h15-16H,2-14H2,1H3. The molecule has 1 aliphatic carbocycles. The molecule has 0 aromatic carbocycles. The van der Waals surface area contributed by atoms with Gasteiger partial charge in [0.05, 0.1) is 0 Å². The van der Waals surface area contributed by atoms with Crippen LogP contribution < -0.4 is 4.72 Å². The van der Waals surface area contributed by atoms with Crippen molar-refractivity contribution in [2.75, 3.05) is 33.2 Å². The average Bonchev–Trinajstić information content (AvgIpc) is 2.53. The smallest absolute Gasteiger partial charge is 0.279 e. The van der Waals surface area contributed by atoms with Gasteiger partial charge in [0.15, 0.2) is 0 Å². The predicted octanol–water partition coefficient (Wildman–Crippen LogP) is 1.96. The molecule has 21 heavy (non-hydrogen) atoms. The van der Waals surface area contributed by atoms with E-state index in [9.17, 15) is 8.42 Å². The largest absolute Gasteiger partial charge is 0.303 e. The third kappa shape index (κ3) is 5.51. The first-order valence-electron chi connectivity index (χ1n) is 8.54. The summed E-state index contributed by atoms with van der Waals surface area (Å²) >= 11 is 0. The number of nitrogens with zero attached hydrogens (tertiary/aromatic N) is 2. The highest BCUT2D eigenvalue weighted by Crippen LogP contribution is 2.22. The molecule has 2 aliphatic rings. The molecular weight excluding hydrogens is 286 g/mol. The Morgan fingerprint density at radius 1 is 1.05 bits per heavy atom. The van der Waals surface area contributed by atoms with Crippen molar-refractivity contribution in [2.45, 2.75) is 63.8 Å². The number of hydrogen-bond acceptors (Lipinski definition) is 3. The third-order valence-electron chi connectivity index (χ3n) is 4.85. The van der Waals surface area contributed by atoms with E-state index < -0.39 is 10.2 Å². The summed E-state index contributed by atoms with van der Waals surface area (Å²) in [4.78, 5) is 2.45. The van der Waals surface area contributed by atoms with Crippen molar-refractivity contribution in [1.29, 1.82) is 0 Å². The van der Waals surface area contributed by atoms with Gasteiger partial charge in [0, 0.05) is 19.6 Å². The highest BCUT2D eigenvalue weighted by atomic mass is 32.2. The molecule has 1 saturated heterocycles. The van der Waals surface area contributed by atoms with E-state index in [1.165, 1.54) is 38.8 Å². The second-order valence-electron chi connectivity index (χ2n) is 6.46. The Morgan fingerprint density at radius 2 is 1.67 bits per heavy atom. The van der Waals surface area contributed by atoms with E-state index >= 15 is 0 Å². The van der Waals surface area contributed by atoms with Crippen LogP contribution in [0.15, 0.2) is 0 Å². The lowest BCUT2D eigenvalue weighted by Crippen LogP contribution is -2.45. The topological polar surface area (TPSA) is 52.7 Å². The van der Waals surface area contributed by atoms with Gasteiger partial charge in [-0.1, -0.05) is 25.7 Å². The van der Waals surface area contributed by atoms with E-state index in [4.69, 9.17) is 0 Å². The van der Waals surface area contributed by atoms with Crippen LogP contribution in [-0.2, 0) is 10.2 Å². The molecule has 5 nitrogen and oxygen atoms in total. The Morgan fingerprint density at radius 3 is 2.33 bits per heavy atom. The van der Waals surface area contributed by atoms with Crippen LogP contribution >= 0.6 is 0 Å². The van der Waals surface area contributed by atoms with Crippen molar-refractivity contribution in [1.82, 2.24) is 13.9 Å². The van der Waals surface area contributed by atoms with Crippen LogP contribution in [0.5, 0.6) is 0 Å². The monoisotopic (exact) mass is 317 g/mol. The predicted molar refractivity (Wildman–Crippen MR) is 86.5 cm³/mol. The van der Waals surface area contributed by atoms with Crippen LogP contribution in [0.25, 0.3) is 0 Å². The second kappa shape index (κ2) is 8.46. The summed E-state index contributed by atoms with van der Waals surface area (Å²) in [5.74, 6) is 0. The Bertz CT molecular complexity index is 388. The van der Waals surface area contributed by atoms with E-state index in [1.54, 1.807) is 11.4 Å². The normalized spacial score (nSPS) is 22.8. The Balaban J connectivity index is 1.67. The number of hydrogen-bond donors (Lipinski definition) is 1. The molecule has 0 aromatic rings. The number of likely N-dealkylation sites (tertiary alicyclic amines) is 1. The number of rotatable bonds is 7. The van der Waals surface area contributed by atoms with E-state index in [2.05, 4.69) is 9.62 Å². The molecule has 0 atom stereocenters.